The van der Waals surface area contributed by atoms with E-state index in [-0.39, 0.29) is 23.2 Å². The quantitative estimate of drug-likeness (QED) is 0.602. The lowest BCUT2D eigenvalue weighted by Crippen LogP contribution is -2.69. The normalized spacial score (nSPS) is 22.5. The van der Waals surface area contributed by atoms with E-state index >= 15 is 0 Å². The van der Waals surface area contributed by atoms with Crippen LogP contribution in [0, 0.1) is 5.92 Å². The number of likely N-dealkylation sites (N-methyl/N-ethyl adjacent to an activating group) is 1. The zero-order valence-electron chi connectivity index (χ0n) is 18.8. The van der Waals surface area contributed by atoms with E-state index in [9.17, 15) is 9.59 Å². The molecular formula is C21H32N8O2. The zero-order chi connectivity index (χ0) is 22.2. The van der Waals surface area contributed by atoms with E-state index in [2.05, 4.69) is 25.4 Å². The molecule has 2 aromatic rings. The highest BCUT2D eigenvalue weighted by molar-refractivity contribution is 5.90. The highest BCUT2D eigenvalue weighted by Gasteiger charge is 2.57. The Labute approximate surface area is 182 Å². The van der Waals surface area contributed by atoms with Crippen LogP contribution in [0.25, 0.3) is 0 Å². The number of carbonyl (C=O) groups excluding carboxylic acids is 2. The highest BCUT2D eigenvalue weighted by atomic mass is 16.2. The lowest BCUT2D eigenvalue weighted by Gasteiger charge is -2.62. The molecule has 10 heteroatoms. The SMILES string of the molecule is CCn1cc(C(C(=O)NC23CC(C2)C3)N(C)CCCN(C)C(=O)c2ncn(C)n2)cn1. The first-order valence-corrected chi connectivity index (χ1v) is 11.0. The molecule has 3 aliphatic carbocycles. The molecule has 5 rings (SSSR count). The third-order valence-corrected chi connectivity index (χ3v) is 6.55. The summed E-state index contributed by atoms with van der Waals surface area (Å²) in [6.07, 6.45) is 9.30. The summed E-state index contributed by atoms with van der Waals surface area (Å²) in [6.45, 7) is 4.01. The Hall–Kier alpha value is -2.75. The van der Waals surface area contributed by atoms with Crippen LogP contribution in [0.4, 0.5) is 0 Å². The second-order valence-electron chi connectivity index (χ2n) is 9.08. The van der Waals surface area contributed by atoms with Gasteiger partial charge >= 0.3 is 0 Å². The molecule has 2 aromatic heterocycles. The van der Waals surface area contributed by atoms with Gasteiger partial charge in [-0.3, -0.25) is 23.9 Å². The van der Waals surface area contributed by atoms with Crippen LogP contribution in [0.2, 0.25) is 0 Å². The molecule has 1 atom stereocenters. The Kier molecular flexibility index (Phi) is 5.83. The van der Waals surface area contributed by atoms with Gasteiger partial charge in [-0.05, 0) is 45.6 Å². The number of aryl methyl sites for hydroxylation is 2. The Morgan fingerprint density at radius 1 is 1.29 bits per heavy atom. The first kappa shape index (κ1) is 21.5. The van der Waals surface area contributed by atoms with Crippen molar-refractivity contribution in [2.75, 3.05) is 27.2 Å². The first-order valence-electron chi connectivity index (χ1n) is 11.0. The monoisotopic (exact) mass is 428 g/mol. The van der Waals surface area contributed by atoms with Crippen molar-refractivity contribution >= 4 is 11.8 Å². The van der Waals surface area contributed by atoms with E-state index in [1.54, 1.807) is 25.2 Å². The molecule has 10 nitrogen and oxygen atoms in total. The van der Waals surface area contributed by atoms with Crippen molar-refractivity contribution in [1.29, 1.82) is 0 Å². The number of nitrogens with zero attached hydrogens (tertiary/aromatic N) is 7. The van der Waals surface area contributed by atoms with Crippen molar-refractivity contribution in [2.45, 2.75) is 50.7 Å². The predicted molar refractivity (Wildman–Crippen MR) is 114 cm³/mol. The summed E-state index contributed by atoms with van der Waals surface area (Å²) in [5, 5.41) is 11.7. The summed E-state index contributed by atoms with van der Waals surface area (Å²) < 4.78 is 3.36. The number of rotatable bonds is 10. The molecule has 0 radical (unpaired) electrons. The number of amides is 2. The van der Waals surface area contributed by atoms with Crippen molar-refractivity contribution in [2.24, 2.45) is 13.0 Å². The zero-order valence-corrected chi connectivity index (χ0v) is 18.8. The molecule has 3 fully saturated rings. The van der Waals surface area contributed by atoms with Gasteiger partial charge in [0, 0.05) is 51.0 Å². The first-order chi connectivity index (χ1) is 14.8. The molecule has 168 valence electrons. The molecule has 3 saturated carbocycles. The maximum absolute atomic E-state index is 13.2. The minimum atomic E-state index is -0.396. The van der Waals surface area contributed by atoms with Crippen LogP contribution in [-0.2, 0) is 18.4 Å². The summed E-state index contributed by atoms with van der Waals surface area (Å²) in [5.74, 6) is 0.839. The van der Waals surface area contributed by atoms with Gasteiger partial charge in [-0.25, -0.2) is 4.98 Å². The van der Waals surface area contributed by atoms with Gasteiger partial charge < -0.3 is 10.2 Å². The van der Waals surface area contributed by atoms with Gasteiger partial charge in [0.15, 0.2) is 0 Å². The number of carbonyl (C=O) groups is 2. The molecule has 3 aliphatic rings. The summed E-state index contributed by atoms with van der Waals surface area (Å²) in [6, 6.07) is -0.396. The molecule has 0 aromatic carbocycles. The molecule has 31 heavy (non-hydrogen) atoms. The van der Waals surface area contributed by atoms with Crippen molar-refractivity contribution in [3.8, 4) is 0 Å². The minimum absolute atomic E-state index is 0.0317. The Balaban J connectivity index is 1.36. The largest absolute Gasteiger partial charge is 0.349 e. The van der Waals surface area contributed by atoms with Gasteiger partial charge in [0.25, 0.3) is 5.91 Å². The van der Waals surface area contributed by atoms with E-state index in [4.69, 9.17) is 0 Å². The molecule has 0 spiro atoms. The second kappa shape index (κ2) is 8.41. The number of nitrogens with one attached hydrogen (secondary N) is 1. The van der Waals surface area contributed by atoms with Crippen LogP contribution in [0.3, 0.4) is 0 Å². The third kappa shape index (κ3) is 4.34. The van der Waals surface area contributed by atoms with Gasteiger partial charge in [-0.1, -0.05) is 0 Å². The summed E-state index contributed by atoms with van der Waals surface area (Å²) in [4.78, 5) is 33.4. The Morgan fingerprint density at radius 2 is 2.03 bits per heavy atom. The van der Waals surface area contributed by atoms with Crippen molar-refractivity contribution in [1.82, 2.24) is 39.7 Å². The van der Waals surface area contributed by atoms with E-state index in [0.29, 0.717) is 13.1 Å². The smallest absolute Gasteiger partial charge is 0.293 e. The maximum atomic E-state index is 13.2. The molecule has 1 unspecified atom stereocenters. The lowest BCUT2D eigenvalue weighted by atomic mass is 9.50. The predicted octanol–water partition coefficient (Wildman–Crippen LogP) is 0.835. The Bertz CT molecular complexity index is 934. The fraction of sp³-hybridized carbons (Fsp3) is 0.667. The van der Waals surface area contributed by atoms with E-state index in [1.807, 2.05) is 24.9 Å². The molecule has 1 N–H and O–H groups in total. The maximum Gasteiger partial charge on any atom is 0.293 e. The third-order valence-electron chi connectivity index (χ3n) is 6.55. The summed E-state index contributed by atoms with van der Waals surface area (Å²) >= 11 is 0. The summed E-state index contributed by atoms with van der Waals surface area (Å²) in [5.41, 5.74) is 0.930. The average Bonchev–Trinajstić information content (AvgIpc) is 3.32. The minimum Gasteiger partial charge on any atom is -0.349 e. The average molecular weight is 429 g/mol. The van der Waals surface area contributed by atoms with E-state index in [1.165, 1.54) is 11.0 Å². The highest BCUT2D eigenvalue weighted by Crippen LogP contribution is 2.57. The van der Waals surface area contributed by atoms with Gasteiger partial charge in [0.2, 0.25) is 11.7 Å². The Morgan fingerprint density at radius 3 is 2.58 bits per heavy atom. The van der Waals surface area contributed by atoms with Crippen LogP contribution in [-0.4, -0.2) is 78.9 Å². The number of hydrogen-bond acceptors (Lipinski definition) is 6. The number of aromatic nitrogens is 5. The summed E-state index contributed by atoms with van der Waals surface area (Å²) in [7, 11) is 5.44. The van der Waals surface area contributed by atoms with Crippen molar-refractivity contribution in [3.05, 3.63) is 30.1 Å². The van der Waals surface area contributed by atoms with Crippen LogP contribution in [0.1, 0.15) is 54.8 Å². The lowest BCUT2D eigenvalue weighted by molar-refractivity contribution is -0.137. The van der Waals surface area contributed by atoms with Crippen molar-refractivity contribution in [3.63, 3.8) is 0 Å². The fourth-order valence-electron chi connectivity index (χ4n) is 4.66. The standard InChI is InChI=1S/C21H32N8O2/c1-5-29-13-16(12-23-29)17(19(30)24-21-9-15(10-21)11-21)26(2)7-6-8-27(3)20(31)18-22-14-28(4)25-18/h12-15,17H,5-11H2,1-4H3,(H,24,30). The molecule has 0 aliphatic heterocycles. The molecule has 0 saturated heterocycles. The van der Waals surface area contributed by atoms with Crippen molar-refractivity contribution < 1.29 is 9.59 Å². The molecular weight excluding hydrogens is 396 g/mol. The second-order valence-corrected chi connectivity index (χ2v) is 9.08. The van der Waals surface area contributed by atoms with Crippen LogP contribution < -0.4 is 5.32 Å². The van der Waals surface area contributed by atoms with E-state index < -0.39 is 6.04 Å². The molecule has 2 bridgehead atoms. The van der Waals surface area contributed by atoms with Crippen LogP contribution >= 0.6 is 0 Å². The molecule has 2 amide bonds. The topological polar surface area (TPSA) is 101 Å². The van der Waals surface area contributed by atoms with Gasteiger partial charge in [-0.2, -0.15) is 5.10 Å². The van der Waals surface area contributed by atoms with Crippen LogP contribution in [0.5, 0.6) is 0 Å². The van der Waals surface area contributed by atoms with E-state index in [0.717, 1.165) is 43.7 Å². The van der Waals surface area contributed by atoms with Gasteiger partial charge in [-0.15, -0.1) is 5.10 Å². The van der Waals surface area contributed by atoms with Gasteiger partial charge in [0.1, 0.15) is 12.4 Å². The fourth-order valence-corrected chi connectivity index (χ4v) is 4.66. The van der Waals surface area contributed by atoms with Gasteiger partial charge in [0.05, 0.1) is 6.20 Å². The number of hydrogen-bond donors (Lipinski definition) is 1. The molecule has 2 heterocycles. The van der Waals surface area contributed by atoms with Crippen LogP contribution in [0.15, 0.2) is 18.7 Å².